The largest absolute Gasteiger partial charge is 0.325 e. The lowest BCUT2D eigenvalue weighted by Crippen LogP contribution is -2.16. The van der Waals surface area contributed by atoms with Crippen molar-refractivity contribution < 1.29 is 4.79 Å². The molecular weight excluding hydrogens is 368 g/mol. The van der Waals surface area contributed by atoms with E-state index in [-0.39, 0.29) is 5.91 Å². The summed E-state index contributed by atoms with van der Waals surface area (Å²) < 4.78 is 1.84. The van der Waals surface area contributed by atoms with E-state index in [9.17, 15) is 4.79 Å². The van der Waals surface area contributed by atoms with Gasteiger partial charge in [0.25, 0.3) is 0 Å². The Balaban J connectivity index is 1.42. The lowest BCUT2D eigenvalue weighted by atomic mass is 10.1. The second-order valence-corrected chi connectivity index (χ2v) is 7.60. The predicted molar refractivity (Wildman–Crippen MR) is 112 cm³/mol. The van der Waals surface area contributed by atoms with Crippen LogP contribution in [0.4, 0.5) is 5.69 Å². The molecule has 0 aliphatic rings. The number of anilines is 1. The van der Waals surface area contributed by atoms with Gasteiger partial charge in [0, 0.05) is 29.0 Å². The van der Waals surface area contributed by atoms with Crippen molar-refractivity contribution in [1.29, 1.82) is 0 Å². The van der Waals surface area contributed by atoms with E-state index in [0.717, 1.165) is 33.1 Å². The second-order valence-electron chi connectivity index (χ2n) is 6.53. The van der Waals surface area contributed by atoms with Crippen LogP contribution in [0.3, 0.4) is 0 Å². The minimum Gasteiger partial charge on any atom is -0.325 e. The normalized spacial score (nSPS) is 10.8. The van der Waals surface area contributed by atoms with Gasteiger partial charge in [-0.2, -0.15) is 5.10 Å². The summed E-state index contributed by atoms with van der Waals surface area (Å²) >= 11 is 1.64. The topological polar surface area (TPSA) is 59.8 Å². The van der Waals surface area contributed by atoms with Crippen LogP contribution >= 0.6 is 11.3 Å². The number of carbonyl (C=O) groups excluding carboxylic acids is 1. The highest BCUT2D eigenvalue weighted by molar-refractivity contribution is 7.09. The summed E-state index contributed by atoms with van der Waals surface area (Å²) in [5.41, 5.74) is 4.85. The molecule has 4 aromatic rings. The van der Waals surface area contributed by atoms with E-state index < -0.39 is 0 Å². The summed E-state index contributed by atoms with van der Waals surface area (Å²) in [5.74, 6) is -0.0369. The number of carbonyl (C=O) groups is 1. The van der Waals surface area contributed by atoms with Crippen LogP contribution in [0.15, 0.2) is 72.4 Å². The van der Waals surface area contributed by atoms with Crippen molar-refractivity contribution in [3.8, 4) is 11.3 Å². The van der Waals surface area contributed by atoms with Crippen molar-refractivity contribution in [3.05, 3.63) is 88.5 Å². The summed E-state index contributed by atoms with van der Waals surface area (Å²) in [5, 5.41) is 10.4. The molecule has 140 valence electrons. The first kappa shape index (κ1) is 18.1. The maximum absolute atomic E-state index is 12.6. The molecule has 4 rings (SSSR count). The van der Waals surface area contributed by atoms with Crippen LogP contribution in [0, 0.1) is 6.92 Å². The highest BCUT2D eigenvalue weighted by Crippen LogP contribution is 2.22. The van der Waals surface area contributed by atoms with Crippen LogP contribution in [-0.2, 0) is 17.8 Å². The van der Waals surface area contributed by atoms with Crippen molar-refractivity contribution in [1.82, 2.24) is 14.8 Å². The molecular formula is C22H20N4OS. The van der Waals surface area contributed by atoms with Crippen LogP contribution < -0.4 is 5.32 Å². The average molecular weight is 388 g/mol. The van der Waals surface area contributed by atoms with Crippen molar-refractivity contribution >= 4 is 22.9 Å². The standard InChI is InChI=1S/C22H20N4OS/c1-16-24-21(15-28-16)18-9-7-17(8-10-18)13-22(27)25-20-6-3-2-5-19(20)14-26-12-4-11-23-26/h2-12,15H,13-14H2,1H3,(H,25,27). The average Bonchev–Trinajstić information content (AvgIpc) is 3.36. The number of hydrogen-bond donors (Lipinski definition) is 1. The molecule has 5 nitrogen and oxygen atoms in total. The molecule has 0 fully saturated rings. The molecule has 2 aromatic heterocycles. The molecule has 28 heavy (non-hydrogen) atoms. The van der Waals surface area contributed by atoms with Crippen LogP contribution in [0.25, 0.3) is 11.3 Å². The third-order valence-electron chi connectivity index (χ3n) is 4.42. The van der Waals surface area contributed by atoms with Gasteiger partial charge in [-0.15, -0.1) is 11.3 Å². The summed E-state index contributed by atoms with van der Waals surface area (Å²) in [7, 11) is 0. The molecule has 0 unspecified atom stereocenters. The molecule has 0 aliphatic heterocycles. The molecule has 0 saturated heterocycles. The molecule has 0 radical (unpaired) electrons. The van der Waals surface area contributed by atoms with Gasteiger partial charge in [0.05, 0.1) is 23.7 Å². The number of nitrogens with one attached hydrogen (secondary N) is 1. The minimum absolute atomic E-state index is 0.0369. The van der Waals surface area contributed by atoms with Gasteiger partial charge in [-0.05, 0) is 30.2 Å². The third kappa shape index (κ3) is 4.35. The Morgan fingerprint density at radius 3 is 2.64 bits per heavy atom. The number of benzene rings is 2. The van der Waals surface area contributed by atoms with E-state index in [4.69, 9.17) is 0 Å². The van der Waals surface area contributed by atoms with E-state index in [2.05, 4.69) is 15.4 Å². The number of rotatable bonds is 6. The Hall–Kier alpha value is -3.25. The molecule has 2 heterocycles. The quantitative estimate of drug-likeness (QED) is 0.527. The Kier molecular flexibility index (Phi) is 5.30. The lowest BCUT2D eigenvalue weighted by molar-refractivity contribution is -0.115. The van der Waals surface area contributed by atoms with Gasteiger partial charge in [0.15, 0.2) is 0 Å². The zero-order valence-corrected chi connectivity index (χ0v) is 16.3. The van der Waals surface area contributed by atoms with E-state index in [1.807, 2.05) is 77.8 Å². The molecule has 0 saturated carbocycles. The first-order chi connectivity index (χ1) is 13.7. The van der Waals surface area contributed by atoms with E-state index in [1.54, 1.807) is 17.5 Å². The fraction of sp³-hybridized carbons (Fsp3) is 0.136. The van der Waals surface area contributed by atoms with Gasteiger partial charge in [0.2, 0.25) is 5.91 Å². The van der Waals surface area contributed by atoms with E-state index in [1.165, 1.54) is 0 Å². The molecule has 2 aromatic carbocycles. The lowest BCUT2D eigenvalue weighted by Gasteiger charge is -2.11. The number of nitrogens with zero attached hydrogens (tertiary/aromatic N) is 3. The number of amides is 1. The van der Waals surface area contributed by atoms with Crippen molar-refractivity contribution in [2.75, 3.05) is 5.32 Å². The minimum atomic E-state index is -0.0369. The zero-order valence-electron chi connectivity index (χ0n) is 15.5. The Labute approximate surface area is 167 Å². The summed E-state index contributed by atoms with van der Waals surface area (Å²) in [6, 6.07) is 17.7. The summed E-state index contributed by atoms with van der Waals surface area (Å²) in [4.78, 5) is 17.1. The van der Waals surface area contributed by atoms with Gasteiger partial charge < -0.3 is 5.32 Å². The van der Waals surface area contributed by atoms with Gasteiger partial charge in [-0.3, -0.25) is 9.48 Å². The Morgan fingerprint density at radius 2 is 1.93 bits per heavy atom. The summed E-state index contributed by atoms with van der Waals surface area (Å²) in [6.07, 6.45) is 3.98. The molecule has 0 bridgehead atoms. The zero-order chi connectivity index (χ0) is 19.3. The van der Waals surface area contributed by atoms with E-state index >= 15 is 0 Å². The molecule has 1 amide bonds. The highest BCUT2D eigenvalue weighted by atomic mass is 32.1. The number of hydrogen-bond acceptors (Lipinski definition) is 4. The monoisotopic (exact) mass is 388 g/mol. The van der Waals surface area contributed by atoms with Gasteiger partial charge >= 0.3 is 0 Å². The number of thiazole rings is 1. The summed E-state index contributed by atoms with van der Waals surface area (Å²) in [6.45, 7) is 2.61. The predicted octanol–water partition coefficient (Wildman–Crippen LogP) is 4.54. The molecule has 1 N–H and O–H groups in total. The fourth-order valence-corrected chi connectivity index (χ4v) is 3.64. The van der Waals surface area contributed by atoms with Crippen LogP contribution in [-0.4, -0.2) is 20.7 Å². The molecule has 0 spiro atoms. The smallest absolute Gasteiger partial charge is 0.228 e. The number of aryl methyl sites for hydroxylation is 1. The first-order valence-electron chi connectivity index (χ1n) is 9.04. The van der Waals surface area contributed by atoms with Crippen LogP contribution in [0.1, 0.15) is 16.1 Å². The molecule has 0 atom stereocenters. The SMILES string of the molecule is Cc1nc(-c2ccc(CC(=O)Nc3ccccc3Cn3cccn3)cc2)cs1. The molecule has 6 heteroatoms. The van der Waals surface area contributed by atoms with Crippen LogP contribution in [0.5, 0.6) is 0 Å². The molecule has 0 aliphatic carbocycles. The second kappa shape index (κ2) is 8.19. The van der Waals surface area contributed by atoms with Gasteiger partial charge in [0.1, 0.15) is 0 Å². The van der Waals surface area contributed by atoms with Crippen molar-refractivity contribution in [2.24, 2.45) is 0 Å². The Bertz CT molecular complexity index is 1070. The van der Waals surface area contributed by atoms with Crippen LogP contribution in [0.2, 0.25) is 0 Å². The van der Waals surface area contributed by atoms with E-state index in [0.29, 0.717) is 13.0 Å². The first-order valence-corrected chi connectivity index (χ1v) is 9.92. The number of para-hydroxylation sites is 1. The highest BCUT2D eigenvalue weighted by Gasteiger charge is 2.09. The maximum atomic E-state index is 12.6. The maximum Gasteiger partial charge on any atom is 0.228 e. The van der Waals surface area contributed by atoms with Gasteiger partial charge in [-0.1, -0.05) is 42.5 Å². The number of aromatic nitrogens is 3. The fourth-order valence-electron chi connectivity index (χ4n) is 3.02. The third-order valence-corrected chi connectivity index (χ3v) is 5.19. The van der Waals surface area contributed by atoms with Crippen molar-refractivity contribution in [2.45, 2.75) is 19.9 Å². The Morgan fingerprint density at radius 1 is 1.11 bits per heavy atom. The van der Waals surface area contributed by atoms with Gasteiger partial charge in [-0.25, -0.2) is 4.98 Å². The van der Waals surface area contributed by atoms with Crippen molar-refractivity contribution in [3.63, 3.8) is 0 Å².